The number of ether oxygens (including phenoxy) is 2. The molecule has 1 rings (SSSR count). The van der Waals surface area contributed by atoms with Crippen molar-refractivity contribution in [2.75, 3.05) is 19.5 Å². The summed E-state index contributed by atoms with van der Waals surface area (Å²) in [6.07, 6.45) is 18.5. The lowest BCUT2D eigenvalue weighted by Crippen LogP contribution is -2.05. The van der Waals surface area contributed by atoms with E-state index in [0.29, 0.717) is 18.0 Å². The summed E-state index contributed by atoms with van der Waals surface area (Å²) in [4.78, 5) is 11.2. The summed E-state index contributed by atoms with van der Waals surface area (Å²) in [5.41, 5.74) is 6.28. The zero-order valence-electron chi connectivity index (χ0n) is 18.5. The molecule has 0 spiro atoms. The van der Waals surface area contributed by atoms with Gasteiger partial charge in [0, 0.05) is 6.07 Å². The van der Waals surface area contributed by atoms with Crippen molar-refractivity contribution in [3.8, 4) is 11.5 Å². The van der Waals surface area contributed by atoms with Crippen molar-refractivity contribution in [2.45, 2.75) is 96.8 Å². The standard InChI is InChI=1S/C24H41NO4/c1-3-4-5-6-7-8-9-10-11-12-13-14-15-16-17-29-23-19-22(28-2)20(24(26)27)18-21(23)25/h18-19H,3-17,25H2,1-2H3,(H,26,27). The number of aromatic carboxylic acids is 1. The SMILES string of the molecule is CCCCCCCCCCCCCCCCOc1cc(OC)c(C(=O)O)cc1N. The van der Waals surface area contributed by atoms with Gasteiger partial charge in [-0.1, -0.05) is 90.4 Å². The topological polar surface area (TPSA) is 81.8 Å². The van der Waals surface area contributed by atoms with Crippen LogP contribution >= 0.6 is 0 Å². The zero-order valence-corrected chi connectivity index (χ0v) is 18.5. The van der Waals surface area contributed by atoms with Gasteiger partial charge in [0.15, 0.2) is 0 Å². The fraction of sp³-hybridized carbons (Fsp3) is 0.708. The van der Waals surface area contributed by atoms with Crippen LogP contribution in [0.4, 0.5) is 5.69 Å². The van der Waals surface area contributed by atoms with Crippen molar-refractivity contribution in [1.82, 2.24) is 0 Å². The van der Waals surface area contributed by atoms with Gasteiger partial charge in [0.2, 0.25) is 0 Å². The van der Waals surface area contributed by atoms with Gasteiger partial charge in [-0.2, -0.15) is 0 Å². The van der Waals surface area contributed by atoms with E-state index in [1.54, 1.807) is 6.07 Å². The Bertz CT molecular complexity index is 574. The molecule has 166 valence electrons. The largest absolute Gasteiger partial charge is 0.496 e. The average Bonchev–Trinajstić information content (AvgIpc) is 2.71. The van der Waals surface area contributed by atoms with Crippen LogP contribution in [-0.2, 0) is 0 Å². The zero-order chi connectivity index (χ0) is 21.3. The van der Waals surface area contributed by atoms with Crippen LogP contribution in [0, 0.1) is 0 Å². The molecule has 0 aliphatic carbocycles. The lowest BCUT2D eigenvalue weighted by molar-refractivity contribution is 0.0693. The van der Waals surface area contributed by atoms with Gasteiger partial charge in [0.1, 0.15) is 17.1 Å². The van der Waals surface area contributed by atoms with E-state index in [-0.39, 0.29) is 11.3 Å². The third-order valence-electron chi connectivity index (χ3n) is 5.32. The number of carboxylic acid groups (broad SMARTS) is 1. The number of methoxy groups -OCH3 is 1. The van der Waals surface area contributed by atoms with E-state index < -0.39 is 5.97 Å². The highest BCUT2D eigenvalue weighted by molar-refractivity contribution is 5.92. The van der Waals surface area contributed by atoms with E-state index >= 15 is 0 Å². The Labute approximate surface area is 177 Å². The van der Waals surface area contributed by atoms with Gasteiger partial charge in [0.25, 0.3) is 0 Å². The monoisotopic (exact) mass is 407 g/mol. The Balaban J connectivity index is 2.03. The maximum atomic E-state index is 11.2. The molecule has 0 saturated carbocycles. The van der Waals surface area contributed by atoms with Gasteiger partial charge < -0.3 is 20.3 Å². The Morgan fingerprint density at radius 3 is 1.76 bits per heavy atom. The molecule has 0 fully saturated rings. The van der Waals surface area contributed by atoms with E-state index in [4.69, 9.17) is 20.3 Å². The number of rotatable bonds is 18. The molecule has 0 bridgehead atoms. The molecule has 5 heteroatoms. The molecule has 29 heavy (non-hydrogen) atoms. The number of carbonyl (C=O) groups is 1. The highest BCUT2D eigenvalue weighted by Gasteiger charge is 2.15. The summed E-state index contributed by atoms with van der Waals surface area (Å²) >= 11 is 0. The number of hydrogen-bond acceptors (Lipinski definition) is 4. The molecule has 0 aliphatic heterocycles. The van der Waals surface area contributed by atoms with Crippen molar-refractivity contribution < 1.29 is 19.4 Å². The Kier molecular flexibility index (Phi) is 13.8. The molecule has 0 aromatic heterocycles. The second kappa shape index (κ2) is 15.9. The number of unbranched alkanes of at least 4 members (excludes halogenated alkanes) is 13. The highest BCUT2D eigenvalue weighted by Crippen LogP contribution is 2.31. The molecule has 5 nitrogen and oxygen atoms in total. The summed E-state index contributed by atoms with van der Waals surface area (Å²) in [5.74, 6) is -0.309. The third-order valence-corrected chi connectivity index (χ3v) is 5.32. The first kappa shape index (κ1) is 25.1. The molecule has 1 aromatic rings. The summed E-state index contributed by atoms with van der Waals surface area (Å²) < 4.78 is 10.8. The van der Waals surface area contributed by atoms with E-state index in [2.05, 4.69) is 6.92 Å². The van der Waals surface area contributed by atoms with Gasteiger partial charge in [-0.05, 0) is 12.5 Å². The van der Waals surface area contributed by atoms with Crippen molar-refractivity contribution in [3.05, 3.63) is 17.7 Å². The molecule has 0 heterocycles. The van der Waals surface area contributed by atoms with Crippen molar-refractivity contribution in [1.29, 1.82) is 0 Å². The molecular weight excluding hydrogens is 366 g/mol. The molecule has 0 saturated heterocycles. The molecule has 0 unspecified atom stereocenters. The average molecular weight is 408 g/mol. The first-order chi connectivity index (χ1) is 14.1. The first-order valence-corrected chi connectivity index (χ1v) is 11.4. The van der Waals surface area contributed by atoms with E-state index in [0.717, 1.165) is 12.8 Å². The second-order valence-corrected chi connectivity index (χ2v) is 7.84. The number of nitrogens with two attached hydrogens (primary N) is 1. The predicted octanol–water partition coefficient (Wildman–Crippen LogP) is 6.84. The highest BCUT2D eigenvalue weighted by atomic mass is 16.5. The van der Waals surface area contributed by atoms with E-state index in [1.165, 1.54) is 90.2 Å². The van der Waals surface area contributed by atoms with Crippen LogP contribution in [0.15, 0.2) is 12.1 Å². The number of benzene rings is 1. The lowest BCUT2D eigenvalue weighted by Gasteiger charge is -2.12. The van der Waals surface area contributed by atoms with Gasteiger partial charge in [-0.25, -0.2) is 4.79 Å². The minimum atomic E-state index is -1.06. The van der Waals surface area contributed by atoms with E-state index in [1.807, 2.05) is 0 Å². The van der Waals surface area contributed by atoms with Crippen molar-refractivity contribution >= 4 is 11.7 Å². The van der Waals surface area contributed by atoms with Crippen LogP contribution < -0.4 is 15.2 Å². The minimum Gasteiger partial charge on any atom is -0.496 e. The van der Waals surface area contributed by atoms with Crippen LogP contribution in [0.2, 0.25) is 0 Å². The van der Waals surface area contributed by atoms with Gasteiger partial charge >= 0.3 is 5.97 Å². The summed E-state index contributed by atoms with van der Waals surface area (Å²) in [6.45, 7) is 2.85. The van der Waals surface area contributed by atoms with Crippen LogP contribution in [0.25, 0.3) is 0 Å². The van der Waals surface area contributed by atoms with Crippen LogP contribution in [0.5, 0.6) is 11.5 Å². The van der Waals surface area contributed by atoms with Crippen molar-refractivity contribution in [3.63, 3.8) is 0 Å². The quantitative estimate of drug-likeness (QED) is 0.206. The van der Waals surface area contributed by atoms with Crippen LogP contribution in [-0.4, -0.2) is 24.8 Å². The lowest BCUT2D eigenvalue weighted by atomic mass is 10.0. The predicted molar refractivity (Wildman–Crippen MR) is 120 cm³/mol. The van der Waals surface area contributed by atoms with Gasteiger partial charge in [0.05, 0.1) is 19.4 Å². The minimum absolute atomic E-state index is 0.0499. The number of anilines is 1. The summed E-state index contributed by atoms with van der Waals surface area (Å²) in [6, 6.07) is 2.95. The van der Waals surface area contributed by atoms with Gasteiger partial charge in [-0.3, -0.25) is 0 Å². The maximum Gasteiger partial charge on any atom is 0.339 e. The normalized spacial score (nSPS) is 10.8. The molecule has 1 aromatic carbocycles. The number of carboxylic acids is 1. The molecule has 0 atom stereocenters. The molecule has 3 N–H and O–H groups in total. The molecule has 0 aliphatic rings. The number of hydrogen-bond donors (Lipinski definition) is 2. The fourth-order valence-electron chi connectivity index (χ4n) is 3.52. The summed E-state index contributed by atoms with van der Waals surface area (Å²) in [5, 5.41) is 9.15. The smallest absolute Gasteiger partial charge is 0.339 e. The maximum absolute atomic E-state index is 11.2. The summed E-state index contributed by atoms with van der Waals surface area (Å²) in [7, 11) is 1.44. The van der Waals surface area contributed by atoms with Crippen LogP contribution in [0.3, 0.4) is 0 Å². The van der Waals surface area contributed by atoms with E-state index in [9.17, 15) is 4.79 Å². The second-order valence-electron chi connectivity index (χ2n) is 7.84. The first-order valence-electron chi connectivity index (χ1n) is 11.4. The molecule has 0 radical (unpaired) electrons. The Morgan fingerprint density at radius 2 is 1.31 bits per heavy atom. The third kappa shape index (κ3) is 11.0. The van der Waals surface area contributed by atoms with Crippen LogP contribution in [0.1, 0.15) is 107 Å². The molecular formula is C24H41NO4. The number of nitrogen functional groups attached to an aromatic ring is 1. The van der Waals surface area contributed by atoms with Crippen molar-refractivity contribution in [2.24, 2.45) is 0 Å². The Hall–Kier alpha value is -1.91. The molecule has 0 amide bonds. The van der Waals surface area contributed by atoms with Gasteiger partial charge in [-0.15, -0.1) is 0 Å². The fourth-order valence-corrected chi connectivity index (χ4v) is 3.52. The Morgan fingerprint density at radius 1 is 0.828 bits per heavy atom.